The third kappa shape index (κ3) is 5.66. The maximum absolute atomic E-state index is 13.4. The van der Waals surface area contributed by atoms with Gasteiger partial charge < -0.3 is 15.2 Å². The molecule has 0 saturated carbocycles. The van der Waals surface area contributed by atoms with Gasteiger partial charge in [0.1, 0.15) is 5.82 Å². The Bertz CT molecular complexity index is 1150. The summed E-state index contributed by atoms with van der Waals surface area (Å²) in [5.74, 6) is -0.321. The van der Waals surface area contributed by atoms with Crippen molar-refractivity contribution in [3.8, 4) is 11.1 Å². The molecule has 3 aromatic rings. The van der Waals surface area contributed by atoms with Crippen LogP contribution >= 0.6 is 0 Å². The second-order valence-corrected chi connectivity index (χ2v) is 9.30. The van der Waals surface area contributed by atoms with E-state index in [4.69, 9.17) is 0 Å². The Morgan fingerprint density at radius 1 is 1.03 bits per heavy atom. The number of halogens is 1. The van der Waals surface area contributed by atoms with Gasteiger partial charge in [0, 0.05) is 48.8 Å². The molecule has 9 heteroatoms. The molecule has 1 heterocycles. The van der Waals surface area contributed by atoms with Crippen LogP contribution in [0.15, 0.2) is 53.6 Å². The highest BCUT2D eigenvalue weighted by atomic mass is 32.2. The fraction of sp³-hybridized carbons (Fsp3) is 0.348. The third-order valence-electron chi connectivity index (χ3n) is 5.09. The van der Waals surface area contributed by atoms with Crippen LogP contribution in [0, 0.1) is 5.82 Å². The molecule has 1 aromatic heterocycles. The van der Waals surface area contributed by atoms with E-state index in [1.54, 1.807) is 29.3 Å². The number of carbonyl (C=O) groups excluding carboxylic acids is 1. The summed E-state index contributed by atoms with van der Waals surface area (Å²) < 4.78 is 41.1. The zero-order valence-corrected chi connectivity index (χ0v) is 19.1. The summed E-state index contributed by atoms with van der Waals surface area (Å²) in [5, 5.41) is 3.61. The molecule has 0 saturated heterocycles. The van der Waals surface area contributed by atoms with Gasteiger partial charge in [0.2, 0.25) is 10.0 Å². The number of rotatable bonds is 10. The second kappa shape index (κ2) is 10.6. The Balaban J connectivity index is 1.59. The molecule has 2 amide bonds. The number of aromatic nitrogens is 1. The highest BCUT2D eigenvalue weighted by Gasteiger charge is 2.15. The first-order valence-electron chi connectivity index (χ1n) is 10.7. The first-order valence-corrected chi connectivity index (χ1v) is 12.2. The summed E-state index contributed by atoms with van der Waals surface area (Å²) in [6.45, 7) is 5.65. The molecule has 3 N–H and O–H groups in total. The van der Waals surface area contributed by atoms with Gasteiger partial charge in [0.15, 0.2) is 0 Å². The molecule has 0 bridgehead atoms. The van der Waals surface area contributed by atoms with E-state index in [0.29, 0.717) is 18.6 Å². The van der Waals surface area contributed by atoms with E-state index >= 15 is 0 Å². The minimum Gasteiger partial charge on any atom is -0.360 e. The topological polar surface area (TPSA) is 94.3 Å². The van der Waals surface area contributed by atoms with E-state index in [2.05, 4.69) is 15.0 Å². The maximum Gasteiger partial charge on any atom is 0.317 e. The molecule has 7 nitrogen and oxygen atoms in total. The summed E-state index contributed by atoms with van der Waals surface area (Å²) in [5.41, 5.74) is 2.36. The molecule has 0 aliphatic heterocycles. The van der Waals surface area contributed by atoms with Crippen LogP contribution in [0.3, 0.4) is 0 Å². The number of benzene rings is 2. The van der Waals surface area contributed by atoms with Gasteiger partial charge in [0.05, 0.1) is 4.90 Å². The Labute approximate surface area is 188 Å². The van der Waals surface area contributed by atoms with Gasteiger partial charge in [-0.05, 0) is 48.7 Å². The van der Waals surface area contributed by atoms with Crippen molar-refractivity contribution in [1.82, 2.24) is 19.9 Å². The molecule has 0 aliphatic rings. The summed E-state index contributed by atoms with van der Waals surface area (Å²) in [4.78, 5) is 17.1. The van der Waals surface area contributed by atoms with Crippen LogP contribution in [0.2, 0.25) is 0 Å². The predicted molar refractivity (Wildman–Crippen MR) is 124 cm³/mol. The van der Waals surface area contributed by atoms with Gasteiger partial charge in [-0.25, -0.2) is 22.3 Å². The number of sulfonamides is 1. The van der Waals surface area contributed by atoms with Crippen LogP contribution < -0.4 is 10.0 Å². The average Bonchev–Trinajstić information content (AvgIpc) is 3.19. The van der Waals surface area contributed by atoms with Crippen LogP contribution in [0.5, 0.6) is 0 Å². The quantitative estimate of drug-likeness (QED) is 0.398. The normalized spacial score (nSPS) is 11.6. The molecule has 3 rings (SSSR count). The van der Waals surface area contributed by atoms with E-state index in [1.807, 2.05) is 13.8 Å². The molecule has 0 spiro atoms. The van der Waals surface area contributed by atoms with Crippen LogP contribution in [-0.2, 0) is 10.0 Å². The largest absolute Gasteiger partial charge is 0.360 e. The Morgan fingerprint density at radius 2 is 1.72 bits per heavy atom. The molecule has 2 aromatic carbocycles. The number of carbonyl (C=O) groups is 1. The molecule has 172 valence electrons. The highest BCUT2D eigenvalue weighted by Crippen LogP contribution is 2.29. The van der Waals surface area contributed by atoms with Gasteiger partial charge in [-0.1, -0.05) is 26.0 Å². The van der Waals surface area contributed by atoms with Crippen LogP contribution in [0.4, 0.5) is 9.18 Å². The van der Waals surface area contributed by atoms with E-state index in [0.717, 1.165) is 29.4 Å². The lowest BCUT2D eigenvalue weighted by molar-refractivity contribution is 0.198. The molecule has 0 radical (unpaired) electrons. The highest BCUT2D eigenvalue weighted by molar-refractivity contribution is 7.89. The molecular formula is C23H29FN4O3S. The van der Waals surface area contributed by atoms with Gasteiger partial charge in [-0.2, -0.15) is 0 Å². The third-order valence-corrected chi connectivity index (χ3v) is 6.56. The molecular weight excluding hydrogens is 431 g/mol. The molecule has 0 atom stereocenters. The minimum atomic E-state index is -3.70. The molecule has 0 fully saturated rings. The summed E-state index contributed by atoms with van der Waals surface area (Å²) in [7, 11) is -3.70. The van der Waals surface area contributed by atoms with Crippen molar-refractivity contribution in [2.45, 2.75) is 31.6 Å². The minimum absolute atomic E-state index is 0.0932. The van der Waals surface area contributed by atoms with E-state index in [9.17, 15) is 17.6 Å². The Hall–Kier alpha value is -2.91. The van der Waals surface area contributed by atoms with Gasteiger partial charge in [-0.3, -0.25) is 0 Å². The first kappa shape index (κ1) is 23.7. The Kier molecular flexibility index (Phi) is 7.87. The second-order valence-electron chi connectivity index (χ2n) is 7.53. The first-order chi connectivity index (χ1) is 15.4. The van der Waals surface area contributed by atoms with Crippen LogP contribution in [-0.4, -0.2) is 50.5 Å². The number of fused-ring (bicyclic) bond motifs is 1. The number of hydrogen-bond acceptors (Lipinski definition) is 3. The Morgan fingerprint density at radius 3 is 2.38 bits per heavy atom. The van der Waals surface area contributed by atoms with E-state index in [1.165, 1.54) is 24.3 Å². The number of H-pyrrole nitrogens is 1. The van der Waals surface area contributed by atoms with Crippen molar-refractivity contribution in [2.24, 2.45) is 0 Å². The lowest BCUT2D eigenvalue weighted by atomic mass is 10.1. The zero-order chi connectivity index (χ0) is 23.1. The van der Waals surface area contributed by atoms with E-state index in [-0.39, 0.29) is 29.8 Å². The van der Waals surface area contributed by atoms with Crippen molar-refractivity contribution >= 4 is 27.0 Å². The number of nitrogens with zero attached hydrogens (tertiary/aromatic N) is 1. The summed E-state index contributed by atoms with van der Waals surface area (Å²) >= 11 is 0. The van der Waals surface area contributed by atoms with Crippen LogP contribution in [0.1, 0.15) is 26.7 Å². The van der Waals surface area contributed by atoms with Crippen molar-refractivity contribution < 1.29 is 17.6 Å². The number of urea groups is 1. The monoisotopic (exact) mass is 460 g/mol. The number of aromatic amines is 1. The van der Waals surface area contributed by atoms with Gasteiger partial charge >= 0.3 is 6.03 Å². The lowest BCUT2D eigenvalue weighted by Crippen LogP contribution is -2.43. The van der Waals surface area contributed by atoms with E-state index < -0.39 is 10.0 Å². The van der Waals surface area contributed by atoms with Crippen LogP contribution in [0.25, 0.3) is 22.0 Å². The average molecular weight is 461 g/mol. The maximum atomic E-state index is 13.4. The van der Waals surface area contributed by atoms with Crippen molar-refractivity contribution in [1.29, 1.82) is 0 Å². The number of hydrogen-bond donors (Lipinski definition) is 3. The summed E-state index contributed by atoms with van der Waals surface area (Å²) in [6, 6.07) is 10.8. The standard InChI is InChI=1S/C23H29FN4O3S/c1-3-13-28(14-4-2)23(29)25-11-12-27-32(30,31)19-8-5-17(6-9-19)21-16-26-22-15-18(24)7-10-20(21)22/h5-10,15-16,26-27H,3-4,11-14H2,1-2H3,(H,25,29). The van der Waals surface area contributed by atoms with Gasteiger partial charge in [0.25, 0.3) is 0 Å². The predicted octanol–water partition coefficient (Wildman–Crippen LogP) is 4.08. The molecule has 0 unspecified atom stereocenters. The van der Waals surface area contributed by atoms with Crippen molar-refractivity contribution in [3.63, 3.8) is 0 Å². The molecule has 32 heavy (non-hydrogen) atoms. The van der Waals surface area contributed by atoms with Crippen molar-refractivity contribution in [3.05, 3.63) is 54.5 Å². The number of amides is 2. The summed E-state index contributed by atoms with van der Waals surface area (Å²) in [6.07, 6.45) is 3.51. The smallest absolute Gasteiger partial charge is 0.317 e. The lowest BCUT2D eigenvalue weighted by Gasteiger charge is -2.21. The SMILES string of the molecule is CCCN(CCC)C(=O)NCCNS(=O)(=O)c1ccc(-c2c[nH]c3cc(F)ccc23)cc1. The van der Waals surface area contributed by atoms with Gasteiger partial charge in [-0.15, -0.1) is 0 Å². The van der Waals surface area contributed by atoms with Crippen molar-refractivity contribution in [2.75, 3.05) is 26.2 Å². The zero-order valence-electron chi connectivity index (χ0n) is 18.3. The fourth-order valence-electron chi connectivity index (χ4n) is 3.56. The fourth-order valence-corrected chi connectivity index (χ4v) is 4.59. The molecule has 0 aliphatic carbocycles. The number of nitrogens with one attached hydrogen (secondary N) is 3.